The zero-order chi connectivity index (χ0) is 22.5. The third kappa shape index (κ3) is 4.58. The van der Waals surface area contributed by atoms with Gasteiger partial charge in [0, 0.05) is 6.54 Å². The van der Waals surface area contributed by atoms with E-state index in [2.05, 4.69) is 40.3 Å². The van der Waals surface area contributed by atoms with E-state index in [1.807, 2.05) is 41.8 Å². The summed E-state index contributed by atoms with van der Waals surface area (Å²) < 4.78 is 7.46. The molecule has 0 unspecified atom stereocenters. The Morgan fingerprint density at radius 2 is 2.06 bits per heavy atom. The van der Waals surface area contributed by atoms with Gasteiger partial charge in [-0.15, -0.1) is 16.8 Å². The van der Waals surface area contributed by atoms with Crippen molar-refractivity contribution in [3.63, 3.8) is 0 Å². The number of allylic oxidation sites excluding steroid dienone is 1. The summed E-state index contributed by atoms with van der Waals surface area (Å²) in [4.78, 5) is 13.0. The van der Waals surface area contributed by atoms with E-state index in [0.29, 0.717) is 17.5 Å². The van der Waals surface area contributed by atoms with Crippen LogP contribution < -0.4 is 10.1 Å². The van der Waals surface area contributed by atoms with Crippen LogP contribution in [0.4, 0.5) is 0 Å². The molecule has 4 rings (SSSR count). The first-order chi connectivity index (χ1) is 15.6. The molecule has 2 atom stereocenters. The Morgan fingerprint density at radius 3 is 2.88 bits per heavy atom. The Kier molecular flexibility index (Phi) is 6.95. The number of carbonyl (C=O) groups excluding carboxylic acids is 1. The number of para-hydroxylation sites is 1. The number of thioether (sulfide) groups is 1. The molecule has 3 aromatic rings. The van der Waals surface area contributed by atoms with Crippen molar-refractivity contribution in [3.8, 4) is 17.1 Å². The van der Waals surface area contributed by atoms with Crippen molar-refractivity contribution in [2.45, 2.75) is 49.2 Å². The van der Waals surface area contributed by atoms with Crippen molar-refractivity contribution in [2.24, 2.45) is 0 Å². The number of rotatable bonds is 8. The smallest absolute Gasteiger partial charge is 0.233 e. The van der Waals surface area contributed by atoms with Gasteiger partial charge in [-0.2, -0.15) is 0 Å². The summed E-state index contributed by atoms with van der Waals surface area (Å²) in [6.45, 7) is 6.31. The highest BCUT2D eigenvalue weighted by Crippen LogP contribution is 2.33. The van der Waals surface area contributed by atoms with Crippen LogP contribution in [-0.2, 0) is 17.8 Å². The van der Waals surface area contributed by atoms with Crippen LogP contribution in [0.3, 0.4) is 0 Å². The molecule has 1 aliphatic rings. The standard InChI is InChI=1S/C25H28N4O2S/c1-4-16-29-23(20-13-7-8-15-22(20)31-3)27-28-25(29)32-17(2)24(30)26-21-14-9-11-18-10-5-6-12-19(18)21/h4-8,10,12-13,15,17,21H,1,9,11,14,16H2,2-3H3,(H,26,30)/t17-,21+/m1/s1. The van der Waals surface area contributed by atoms with E-state index in [1.54, 1.807) is 13.2 Å². The molecular formula is C25H28N4O2S. The molecule has 0 spiro atoms. The highest BCUT2D eigenvalue weighted by atomic mass is 32.2. The molecule has 0 aliphatic heterocycles. The highest BCUT2D eigenvalue weighted by molar-refractivity contribution is 8.00. The monoisotopic (exact) mass is 448 g/mol. The second kappa shape index (κ2) is 10.0. The van der Waals surface area contributed by atoms with Gasteiger partial charge < -0.3 is 10.1 Å². The van der Waals surface area contributed by atoms with E-state index in [4.69, 9.17) is 4.74 Å². The van der Waals surface area contributed by atoms with Gasteiger partial charge in [-0.25, -0.2) is 0 Å². The second-order valence-corrected chi connectivity index (χ2v) is 9.13. The molecule has 1 aliphatic carbocycles. The topological polar surface area (TPSA) is 69.0 Å². The van der Waals surface area contributed by atoms with E-state index in [9.17, 15) is 4.79 Å². The predicted molar refractivity (Wildman–Crippen MR) is 128 cm³/mol. The summed E-state index contributed by atoms with van der Waals surface area (Å²) in [5.74, 6) is 1.42. The van der Waals surface area contributed by atoms with Crippen LogP contribution in [0.5, 0.6) is 5.75 Å². The third-order valence-electron chi connectivity index (χ3n) is 5.71. The van der Waals surface area contributed by atoms with Gasteiger partial charge >= 0.3 is 0 Å². The Hall–Kier alpha value is -3.06. The van der Waals surface area contributed by atoms with Crippen LogP contribution in [0.1, 0.15) is 36.9 Å². The molecule has 7 heteroatoms. The van der Waals surface area contributed by atoms with Gasteiger partial charge in [-0.05, 0) is 49.4 Å². The molecule has 1 amide bonds. The molecule has 2 aromatic carbocycles. The normalized spacial score (nSPS) is 16.1. The predicted octanol–water partition coefficient (Wildman–Crippen LogP) is 4.81. The fraction of sp³-hybridized carbons (Fsp3) is 0.320. The van der Waals surface area contributed by atoms with Gasteiger partial charge in [0.2, 0.25) is 5.91 Å². The summed E-state index contributed by atoms with van der Waals surface area (Å²) in [5.41, 5.74) is 3.42. The lowest BCUT2D eigenvalue weighted by Crippen LogP contribution is -2.36. The lowest BCUT2D eigenvalue weighted by molar-refractivity contribution is -0.121. The minimum absolute atomic E-state index is 0.00342. The average Bonchev–Trinajstić information content (AvgIpc) is 3.21. The van der Waals surface area contributed by atoms with E-state index < -0.39 is 0 Å². The summed E-state index contributed by atoms with van der Waals surface area (Å²) in [5, 5.41) is 12.4. The first-order valence-electron chi connectivity index (χ1n) is 10.8. The molecule has 32 heavy (non-hydrogen) atoms. The first kappa shape index (κ1) is 22.1. The number of hydrogen-bond donors (Lipinski definition) is 1. The molecule has 1 N–H and O–H groups in total. The number of benzene rings is 2. The van der Waals surface area contributed by atoms with Gasteiger partial charge in [0.15, 0.2) is 11.0 Å². The van der Waals surface area contributed by atoms with Crippen LogP contribution in [0.15, 0.2) is 66.3 Å². The van der Waals surface area contributed by atoms with Gasteiger partial charge in [0.1, 0.15) is 5.75 Å². The van der Waals surface area contributed by atoms with Crippen molar-refractivity contribution in [1.82, 2.24) is 20.1 Å². The number of methoxy groups -OCH3 is 1. The number of aromatic nitrogens is 3. The van der Waals surface area contributed by atoms with Crippen molar-refractivity contribution >= 4 is 17.7 Å². The lowest BCUT2D eigenvalue weighted by Gasteiger charge is -2.27. The molecule has 1 aromatic heterocycles. The molecule has 0 saturated carbocycles. The summed E-state index contributed by atoms with van der Waals surface area (Å²) in [6, 6.07) is 16.1. The van der Waals surface area contributed by atoms with Crippen LogP contribution in [0.2, 0.25) is 0 Å². The second-order valence-electron chi connectivity index (χ2n) is 7.82. The van der Waals surface area contributed by atoms with Crippen LogP contribution in [0.25, 0.3) is 11.4 Å². The third-order valence-corrected chi connectivity index (χ3v) is 6.79. The van der Waals surface area contributed by atoms with Gasteiger partial charge in [0.05, 0.1) is 24.0 Å². The minimum Gasteiger partial charge on any atom is -0.496 e. The molecular weight excluding hydrogens is 420 g/mol. The number of ether oxygens (including phenoxy) is 1. The number of nitrogens with one attached hydrogen (secondary N) is 1. The fourth-order valence-electron chi connectivity index (χ4n) is 4.10. The van der Waals surface area contributed by atoms with E-state index in [1.165, 1.54) is 22.9 Å². The van der Waals surface area contributed by atoms with E-state index >= 15 is 0 Å². The zero-order valence-corrected chi connectivity index (χ0v) is 19.3. The quantitative estimate of drug-likeness (QED) is 0.395. The van der Waals surface area contributed by atoms with Crippen molar-refractivity contribution in [2.75, 3.05) is 7.11 Å². The Bertz CT molecular complexity index is 1110. The largest absolute Gasteiger partial charge is 0.496 e. The van der Waals surface area contributed by atoms with Crippen molar-refractivity contribution in [3.05, 3.63) is 72.3 Å². The molecule has 6 nitrogen and oxygen atoms in total. The van der Waals surface area contributed by atoms with E-state index in [-0.39, 0.29) is 17.2 Å². The molecule has 0 bridgehead atoms. The van der Waals surface area contributed by atoms with Gasteiger partial charge in [-0.3, -0.25) is 9.36 Å². The Morgan fingerprint density at radius 1 is 1.28 bits per heavy atom. The Labute approximate surface area is 193 Å². The summed E-state index contributed by atoms with van der Waals surface area (Å²) in [6.07, 6.45) is 4.92. The molecule has 1 heterocycles. The average molecular weight is 449 g/mol. The maximum absolute atomic E-state index is 13.0. The summed E-state index contributed by atoms with van der Waals surface area (Å²) >= 11 is 1.41. The highest BCUT2D eigenvalue weighted by Gasteiger charge is 2.26. The number of amides is 1. The maximum atomic E-state index is 13.0. The molecule has 0 fully saturated rings. The number of aryl methyl sites for hydroxylation is 1. The van der Waals surface area contributed by atoms with Crippen LogP contribution in [0, 0.1) is 0 Å². The van der Waals surface area contributed by atoms with Crippen molar-refractivity contribution < 1.29 is 9.53 Å². The maximum Gasteiger partial charge on any atom is 0.233 e. The number of fused-ring (bicyclic) bond motifs is 1. The van der Waals surface area contributed by atoms with Crippen LogP contribution >= 0.6 is 11.8 Å². The summed E-state index contributed by atoms with van der Waals surface area (Å²) in [7, 11) is 1.64. The lowest BCUT2D eigenvalue weighted by atomic mass is 9.88. The molecule has 0 radical (unpaired) electrons. The minimum atomic E-state index is -0.317. The molecule has 166 valence electrons. The molecule has 0 saturated heterocycles. The van der Waals surface area contributed by atoms with E-state index in [0.717, 1.165) is 30.6 Å². The fourth-order valence-corrected chi connectivity index (χ4v) is 4.97. The SMILES string of the molecule is C=CCn1c(S[C@H](C)C(=O)N[C@H]2CCCc3ccccc32)nnc1-c1ccccc1OC. The number of nitrogens with zero attached hydrogens (tertiary/aromatic N) is 3. The first-order valence-corrected chi connectivity index (χ1v) is 11.7. The number of carbonyl (C=O) groups is 1. The van der Waals surface area contributed by atoms with Crippen LogP contribution in [-0.4, -0.2) is 33.0 Å². The van der Waals surface area contributed by atoms with Gasteiger partial charge in [-0.1, -0.05) is 54.2 Å². The van der Waals surface area contributed by atoms with Crippen molar-refractivity contribution in [1.29, 1.82) is 0 Å². The number of hydrogen-bond acceptors (Lipinski definition) is 5. The zero-order valence-electron chi connectivity index (χ0n) is 18.5. The Balaban J connectivity index is 1.52. The van der Waals surface area contributed by atoms with Gasteiger partial charge in [0.25, 0.3) is 0 Å².